The van der Waals surface area contributed by atoms with Crippen LogP contribution < -0.4 is 0 Å². The smallest absolute Gasteiger partial charge is 0.0617 e. The molecule has 0 atom stereocenters. The van der Waals surface area contributed by atoms with Gasteiger partial charge in [0.1, 0.15) is 0 Å². The third-order valence-corrected chi connectivity index (χ3v) is 19.5. The summed E-state index contributed by atoms with van der Waals surface area (Å²) < 4.78 is 13.6. The molecule has 7 rings (SSSR count). The zero-order chi connectivity index (χ0) is 23.5. The first-order valence-corrected chi connectivity index (χ1v) is 18.8. The minimum atomic E-state index is 1.26. The molecule has 10 heteroatoms. The van der Waals surface area contributed by atoms with Gasteiger partial charge in [-0.15, -0.1) is 68.0 Å². The largest absolute Gasteiger partial charge is 0.141 e. The number of halogens is 4. The first-order chi connectivity index (χ1) is 16.3. The van der Waals surface area contributed by atoms with Crippen LogP contribution in [0.1, 0.15) is 11.1 Å². The van der Waals surface area contributed by atoms with Gasteiger partial charge in [0.2, 0.25) is 0 Å². The van der Waals surface area contributed by atoms with Gasteiger partial charge in [-0.1, -0.05) is 0 Å². The van der Waals surface area contributed by atoms with Crippen LogP contribution >= 0.6 is 145 Å². The van der Waals surface area contributed by atoms with Gasteiger partial charge < -0.3 is 0 Å². The summed E-state index contributed by atoms with van der Waals surface area (Å²) in [6.07, 6.45) is 0. The second-order valence-electron chi connectivity index (χ2n) is 7.98. The maximum Gasteiger partial charge on any atom is 0.0617 e. The molecule has 7 aromatic rings. The molecule has 0 amide bonds. The normalized spacial score (nSPS) is 12.4. The van der Waals surface area contributed by atoms with E-state index in [2.05, 4.69) is 114 Å². The Balaban J connectivity index is 1.46. The summed E-state index contributed by atoms with van der Waals surface area (Å²) in [4.78, 5) is 5.51. The molecule has 1 aromatic carbocycles. The number of hydrogen-bond donors (Lipinski definition) is 0. The highest BCUT2D eigenvalue weighted by Crippen LogP contribution is 2.55. The van der Waals surface area contributed by atoms with E-state index in [1.807, 2.05) is 68.0 Å². The molecule has 0 nitrogen and oxygen atoms in total. The minimum absolute atomic E-state index is 1.26. The van der Waals surface area contributed by atoms with E-state index in [9.17, 15) is 0 Å². The molecule has 0 N–H and O–H groups in total. The lowest BCUT2D eigenvalue weighted by Crippen LogP contribution is -1.73. The van der Waals surface area contributed by atoms with Crippen LogP contribution in [0, 0.1) is 21.0 Å². The fraction of sp³-hybridized carbons (Fsp3) is 0.0833. The summed E-state index contributed by atoms with van der Waals surface area (Å²) >= 11 is 24.3. The van der Waals surface area contributed by atoms with Crippen LogP contribution in [-0.4, -0.2) is 0 Å². The van der Waals surface area contributed by atoms with Crippen LogP contribution in [0.15, 0.2) is 31.8 Å². The van der Waals surface area contributed by atoms with E-state index in [4.69, 9.17) is 0 Å². The molecule has 0 bridgehead atoms. The first-order valence-electron chi connectivity index (χ1n) is 10.0. The molecule has 0 saturated heterocycles. The molecule has 0 spiro atoms. The van der Waals surface area contributed by atoms with Crippen molar-refractivity contribution >= 4 is 184 Å². The van der Waals surface area contributed by atoms with Gasteiger partial charge in [-0.25, -0.2) is 0 Å². The Morgan fingerprint density at radius 2 is 1.00 bits per heavy atom. The lowest BCUT2D eigenvalue weighted by Gasteiger charge is -1.98. The van der Waals surface area contributed by atoms with E-state index in [0.29, 0.717) is 0 Å². The third-order valence-electron chi connectivity index (χ3n) is 5.82. The van der Waals surface area contributed by atoms with E-state index in [-0.39, 0.29) is 0 Å². The highest BCUT2D eigenvalue weighted by molar-refractivity contribution is 14.1. The molecule has 6 aromatic heterocycles. The van der Waals surface area contributed by atoms with Crippen molar-refractivity contribution < 1.29 is 0 Å². The van der Waals surface area contributed by atoms with E-state index in [1.54, 1.807) is 0 Å². The molecule has 34 heavy (non-hydrogen) atoms. The van der Waals surface area contributed by atoms with Gasteiger partial charge in [0.05, 0.1) is 47.3 Å². The van der Waals surface area contributed by atoms with Crippen molar-refractivity contribution in [2.45, 2.75) is 13.8 Å². The van der Waals surface area contributed by atoms with Crippen molar-refractivity contribution in [3.05, 3.63) is 50.1 Å². The number of aryl methyl sites for hydroxylation is 2. The molecule has 0 fully saturated rings. The Bertz CT molecular complexity index is 1800. The quantitative estimate of drug-likeness (QED) is 0.152. The van der Waals surface area contributed by atoms with Crippen molar-refractivity contribution in [2.24, 2.45) is 0 Å². The van der Waals surface area contributed by atoms with Crippen molar-refractivity contribution in [3.63, 3.8) is 0 Å². The number of hydrogen-bond acceptors (Lipinski definition) is 6. The second-order valence-corrected chi connectivity index (χ2v) is 17.6. The number of thiophene rings is 6. The van der Waals surface area contributed by atoms with Crippen molar-refractivity contribution in [2.75, 3.05) is 0 Å². The van der Waals surface area contributed by atoms with Gasteiger partial charge in [-0.05, 0) is 125 Å². The van der Waals surface area contributed by atoms with E-state index in [0.717, 1.165) is 0 Å². The van der Waals surface area contributed by atoms with E-state index in [1.165, 1.54) is 85.7 Å². The van der Waals surface area contributed by atoms with Gasteiger partial charge in [0, 0.05) is 27.3 Å². The topological polar surface area (TPSA) is 0 Å². The Hall–Kier alpha value is 0.880. The fourth-order valence-corrected chi connectivity index (χ4v) is 16.1. The lowest BCUT2D eigenvalue weighted by atomic mass is 10.2. The predicted octanol–water partition coefficient (Wildman–Crippen LogP) is 13.4. The van der Waals surface area contributed by atoms with Gasteiger partial charge in [0.15, 0.2) is 0 Å². The maximum atomic E-state index is 3.97. The Kier molecular flexibility index (Phi) is 6.13. The third kappa shape index (κ3) is 3.42. The summed E-state index contributed by atoms with van der Waals surface area (Å²) in [7, 11) is 0. The molecule has 0 aliphatic carbocycles. The Labute approximate surface area is 263 Å². The second kappa shape index (κ2) is 8.70. The molecule has 0 aliphatic heterocycles. The van der Waals surface area contributed by atoms with Crippen LogP contribution in [0.4, 0.5) is 0 Å². The van der Waals surface area contributed by atoms with Crippen LogP contribution in [0.3, 0.4) is 0 Å². The lowest BCUT2D eigenvalue weighted by molar-refractivity contribution is 1.51. The molecule has 0 radical (unpaired) electrons. The van der Waals surface area contributed by atoms with E-state index >= 15 is 0 Å². The highest BCUT2D eigenvalue weighted by Gasteiger charge is 2.23. The zero-order valence-corrected chi connectivity index (χ0v) is 29.7. The standard InChI is InChI=1S/C24H10Br2I2S6/c1-7-5-29-23(15(7)27)21-13(25)19-17(33-21)9-3-12-10(4-11(9)31-19)18-20(32-12)14(26)22(34-18)24-16(28)8(2)6-30-24/h3-6H,1-2H3. The first kappa shape index (κ1) is 24.0. The summed E-state index contributed by atoms with van der Waals surface area (Å²) in [6.45, 7) is 4.40. The number of rotatable bonds is 2. The van der Waals surface area contributed by atoms with Crippen LogP contribution in [-0.2, 0) is 0 Å². The van der Waals surface area contributed by atoms with Crippen LogP contribution in [0.5, 0.6) is 0 Å². The average molecular weight is 904 g/mol. The average Bonchev–Trinajstić information content (AvgIpc) is 3.63. The van der Waals surface area contributed by atoms with Gasteiger partial charge >= 0.3 is 0 Å². The summed E-state index contributed by atoms with van der Waals surface area (Å²) in [5, 5.41) is 7.31. The van der Waals surface area contributed by atoms with Gasteiger partial charge in [0.25, 0.3) is 0 Å². The Morgan fingerprint density at radius 3 is 1.35 bits per heavy atom. The highest BCUT2D eigenvalue weighted by atomic mass is 127. The SMILES string of the molecule is Cc1csc(-c2sc3c(sc4cc5c(cc43)sc3c(Br)c(-c4scc(C)c4I)sc35)c2Br)c1I. The summed E-state index contributed by atoms with van der Waals surface area (Å²) in [6, 6.07) is 4.87. The van der Waals surface area contributed by atoms with Crippen molar-refractivity contribution in [1.82, 2.24) is 0 Å². The molecule has 0 aliphatic rings. The molecular formula is C24H10Br2I2S6. The zero-order valence-electron chi connectivity index (χ0n) is 17.3. The molecular weight excluding hydrogens is 894 g/mol. The van der Waals surface area contributed by atoms with Crippen molar-refractivity contribution in [3.8, 4) is 19.5 Å². The van der Waals surface area contributed by atoms with E-state index < -0.39 is 0 Å². The number of benzene rings is 1. The predicted molar refractivity (Wildman–Crippen MR) is 185 cm³/mol. The molecule has 0 unspecified atom stereocenters. The van der Waals surface area contributed by atoms with Crippen LogP contribution in [0.25, 0.3) is 58.5 Å². The molecule has 0 saturated carbocycles. The van der Waals surface area contributed by atoms with Crippen LogP contribution in [0.2, 0.25) is 0 Å². The maximum absolute atomic E-state index is 3.97. The van der Waals surface area contributed by atoms with Crippen molar-refractivity contribution in [1.29, 1.82) is 0 Å². The Morgan fingerprint density at radius 1 is 0.588 bits per heavy atom. The van der Waals surface area contributed by atoms with Gasteiger partial charge in [-0.3, -0.25) is 0 Å². The summed E-state index contributed by atoms with van der Waals surface area (Å²) in [5.41, 5.74) is 2.73. The monoisotopic (exact) mass is 902 g/mol. The minimum Gasteiger partial charge on any atom is -0.141 e. The molecule has 6 heterocycles. The molecule has 170 valence electrons. The fourth-order valence-electron chi connectivity index (χ4n) is 4.09. The van der Waals surface area contributed by atoms with Gasteiger partial charge in [-0.2, -0.15) is 0 Å². The summed E-state index contributed by atoms with van der Waals surface area (Å²) in [5.74, 6) is 0. The number of fused-ring (bicyclic) bond motifs is 6.